The number of rotatable bonds is 7. The number of aromatic nitrogens is 1. The normalized spacial score (nSPS) is 10.9. The third-order valence-electron chi connectivity index (χ3n) is 2.10. The topological polar surface area (TPSA) is 43.4 Å². The lowest BCUT2D eigenvalue weighted by atomic mass is 10.2. The van der Waals surface area contributed by atoms with Gasteiger partial charge in [-0.1, -0.05) is 25.4 Å². The maximum absolute atomic E-state index is 6.07. The molecule has 0 aliphatic rings. The lowest BCUT2D eigenvalue weighted by Gasteiger charge is -2.10. The van der Waals surface area contributed by atoms with Crippen LogP contribution in [-0.2, 0) is 11.3 Å². The largest absolute Gasteiger partial charge is 0.474 e. The minimum Gasteiger partial charge on any atom is -0.474 e. The van der Waals surface area contributed by atoms with Crippen LogP contribution in [0, 0.1) is 0 Å². The van der Waals surface area contributed by atoms with Crippen LogP contribution in [0.1, 0.15) is 19.4 Å². The van der Waals surface area contributed by atoms with E-state index in [-0.39, 0.29) is 0 Å². The Balaban J connectivity index is 2.53. The van der Waals surface area contributed by atoms with Crippen LogP contribution in [0.3, 0.4) is 0 Å². The van der Waals surface area contributed by atoms with Gasteiger partial charge in [0.2, 0.25) is 5.88 Å². The highest BCUT2D eigenvalue weighted by Crippen LogP contribution is 2.22. The van der Waals surface area contributed by atoms with Crippen molar-refractivity contribution < 1.29 is 9.47 Å². The SMILES string of the molecule is COCCOc1ncc(CNC(C)C)cc1Cl. The Hall–Kier alpha value is -0.840. The van der Waals surface area contributed by atoms with Crippen molar-refractivity contribution in [2.45, 2.75) is 26.4 Å². The maximum Gasteiger partial charge on any atom is 0.232 e. The summed E-state index contributed by atoms with van der Waals surface area (Å²) in [6.07, 6.45) is 1.77. The fourth-order valence-electron chi connectivity index (χ4n) is 1.21. The van der Waals surface area contributed by atoms with Crippen molar-refractivity contribution >= 4 is 11.6 Å². The van der Waals surface area contributed by atoms with Crippen LogP contribution in [-0.4, -0.2) is 31.3 Å². The molecule has 0 aliphatic heterocycles. The third-order valence-corrected chi connectivity index (χ3v) is 2.38. The van der Waals surface area contributed by atoms with E-state index in [9.17, 15) is 0 Å². The molecular weight excluding hydrogens is 240 g/mol. The average Bonchev–Trinajstić information content (AvgIpc) is 2.29. The van der Waals surface area contributed by atoms with Crippen molar-refractivity contribution in [3.63, 3.8) is 0 Å². The number of methoxy groups -OCH3 is 1. The maximum atomic E-state index is 6.07. The molecule has 0 aromatic carbocycles. The highest BCUT2D eigenvalue weighted by Gasteiger charge is 2.05. The lowest BCUT2D eigenvalue weighted by Crippen LogP contribution is -2.21. The Kier molecular flexibility index (Phi) is 6.26. The molecule has 0 saturated heterocycles. The number of nitrogens with one attached hydrogen (secondary N) is 1. The molecule has 0 spiro atoms. The van der Waals surface area contributed by atoms with Gasteiger partial charge in [-0.25, -0.2) is 4.98 Å². The first-order valence-electron chi connectivity index (χ1n) is 5.63. The molecule has 0 radical (unpaired) electrons. The Morgan fingerprint density at radius 1 is 1.41 bits per heavy atom. The molecule has 1 aromatic heterocycles. The van der Waals surface area contributed by atoms with Crippen LogP contribution in [0.5, 0.6) is 5.88 Å². The molecule has 96 valence electrons. The first-order valence-corrected chi connectivity index (χ1v) is 6.00. The summed E-state index contributed by atoms with van der Waals surface area (Å²) in [4.78, 5) is 4.18. The predicted molar refractivity (Wildman–Crippen MR) is 68.6 cm³/mol. The van der Waals surface area contributed by atoms with Crippen LogP contribution < -0.4 is 10.1 Å². The molecule has 0 amide bonds. The van der Waals surface area contributed by atoms with Gasteiger partial charge in [0, 0.05) is 25.9 Å². The summed E-state index contributed by atoms with van der Waals surface area (Å²) in [7, 11) is 1.62. The first kappa shape index (κ1) is 14.2. The molecule has 0 unspecified atom stereocenters. The number of nitrogens with zero attached hydrogens (tertiary/aromatic N) is 1. The van der Waals surface area contributed by atoms with Gasteiger partial charge < -0.3 is 14.8 Å². The third kappa shape index (κ3) is 5.35. The second-order valence-corrected chi connectivity index (χ2v) is 4.41. The summed E-state index contributed by atoms with van der Waals surface area (Å²) in [5.74, 6) is 0.456. The van der Waals surface area contributed by atoms with E-state index in [1.165, 1.54) is 0 Å². The zero-order valence-corrected chi connectivity index (χ0v) is 11.3. The van der Waals surface area contributed by atoms with Crippen LogP contribution in [0.25, 0.3) is 0 Å². The van der Waals surface area contributed by atoms with E-state index in [2.05, 4.69) is 24.1 Å². The average molecular weight is 259 g/mol. The van der Waals surface area contributed by atoms with E-state index >= 15 is 0 Å². The van der Waals surface area contributed by atoms with Gasteiger partial charge in [-0.3, -0.25) is 0 Å². The number of ether oxygens (including phenoxy) is 2. The van der Waals surface area contributed by atoms with Gasteiger partial charge in [-0.05, 0) is 11.6 Å². The summed E-state index contributed by atoms with van der Waals surface area (Å²) in [5.41, 5.74) is 1.04. The van der Waals surface area contributed by atoms with E-state index in [1.807, 2.05) is 6.07 Å². The van der Waals surface area contributed by atoms with Crippen LogP contribution in [0.15, 0.2) is 12.3 Å². The minimum atomic E-state index is 0.436. The highest BCUT2D eigenvalue weighted by atomic mass is 35.5. The fourth-order valence-corrected chi connectivity index (χ4v) is 1.46. The molecule has 1 rings (SSSR count). The number of halogens is 1. The Morgan fingerprint density at radius 2 is 2.18 bits per heavy atom. The second kappa shape index (κ2) is 7.48. The molecule has 17 heavy (non-hydrogen) atoms. The van der Waals surface area contributed by atoms with Gasteiger partial charge in [0.1, 0.15) is 11.6 Å². The summed E-state index contributed by atoms with van der Waals surface area (Å²) in [6, 6.07) is 2.30. The summed E-state index contributed by atoms with van der Waals surface area (Å²) < 4.78 is 10.3. The molecule has 0 bridgehead atoms. The molecule has 4 nitrogen and oxygen atoms in total. The van der Waals surface area contributed by atoms with Crippen LogP contribution in [0.2, 0.25) is 5.02 Å². The van der Waals surface area contributed by atoms with E-state index < -0.39 is 0 Å². The molecule has 5 heteroatoms. The van der Waals surface area contributed by atoms with Crippen molar-refractivity contribution in [2.75, 3.05) is 20.3 Å². The van der Waals surface area contributed by atoms with Crippen molar-refractivity contribution in [1.29, 1.82) is 0 Å². The predicted octanol–water partition coefficient (Wildman–Crippen LogP) is 2.26. The molecule has 0 atom stereocenters. The van der Waals surface area contributed by atoms with Gasteiger partial charge in [0.15, 0.2) is 0 Å². The smallest absolute Gasteiger partial charge is 0.232 e. The van der Waals surface area contributed by atoms with Gasteiger partial charge in [0.05, 0.1) is 6.61 Å². The Morgan fingerprint density at radius 3 is 2.76 bits per heavy atom. The van der Waals surface area contributed by atoms with E-state index in [4.69, 9.17) is 21.1 Å². The standard InChI is InChI=1S/C12H19ClN2O2/c1-9(2)14-7-10-6-11(13)12(15-8-10)17-5-4-16-3/h6,8-9,14H,4-5,7H2,1-3H3. The van der Waals surface area contributed by atoms with Gasteiger partial charge >= 0.3 is 0 Å². The molecule has 1 N–H and O–H groups in total. The summed E-state index contributed by atoms with van der Waals surface area (Å²) in [5, 5.41) is 3.83. The fraction of sp³-hybridized carbons (Fsp3) is 0.583. The molecule has 0 aliphatic carbocycles. The molecule has 1 heterocycles. The number of pyridine rings is 1. The molecule has 1 aromatic rings. The molecular formula is C12H19ClN2O2. The molecule has 0 saturated carbocycles. The number of hydrogen-bond donors (Lipinski definition) is 1. The van der Waals surface area contributed by atoms with Crippen molar-refractivity contribution in [1.82, 2.24) is 10.3 Å². The first-order chi connectivity index (χ1) is 8.13. The zero-order chi connectivity index (χ0) is 12.7. The quantitative estimate of drug-likeness (QED) is 0.762. The minimum absolute atomic E-state index is 0.436. The van der Waals surface area contributed by atoms with Crippen LogP contribution >= 0.6 is 11.6 Å². The van der Waals surface area contributed by atoms with E-state index in [0.717, 1.165) is 12.1 Å². The van der Waals surface area contributed by atoms with Gasteiger partial charge in [-0.2, -0.15) is 0 Å². The van der Waals surface area contributed by atoms with Gasteiger partial charge in [-0.15, -0.1) is 0 Å². The van der Waals surface area contributed by atoms with Crippen LogP contribution in [0.4, 0.5) is 0 Å². The Bertz CT molecular complexity index is 345. The van der Waals surface area contributed by atoms with E-state index in [1.54, 1.807) is 13.3 Å². The summed E-state index contributed by atoms with van der Waals surface area (Å²) >= 11 is 6.07. The number of hydrogen-bond acceptors (Lipinski definition) is 4. The van der Waals surface area contributed by atoms with Crippen molar-refractivity contribution in [3.05, 3.63) is 22.8 Å². The van der Waals surface area contributed by atoms with Crippen molar-refractivity contribution in [2.24, 2.45) is 0 Å². The monoisotopic (exact) mass is 258 g/mol. The van der Waals surface area contributed by atoms with E-state index in [0.29, 0.717) is 30.2 Å². The molecule has 0 fully saturated rings. The summed E-state index contributed by atoms with van der Waals surface area (Å²) in [6.45, 7) is 5.92. The van der Waals surface area contributed by atoms with Crippen molar-refractivity contribution in [3.8, 4) is 5.88 Å². The second-order valence-electron chi connectivity index (χ2n) is 4.01. The highest BCUT2D eigenvalue weighted by molar-refractivity contribution is 6.31. The Labute approximate surface area is 107 Å². The van der Waals surface area contributed by atoms with Gasteiger partial charge in [0.25, 0.3) is 0 Å². The zero-order valence-electron chi connectivity index (χ0n) is 10.5. The lowest BCUT2D eigenvalue weighted by molar-refractivity contribution is 0.144.